The zero-order valence-corrected chi connectivity index (χ0v) is 16.6. The van der Waals surface area contributed by atoms with Crippen LogP contribution >= 0.6 is 0 Å². The minimum absolute atomic E-state index is 0.0201. The molecule has 2 rings (SSSR count). The molecule has 0 bridgehead atoms. The second-order valence-electron chi connectivity index (χ2n) is 6.87. The summed E-state index contributed by atoms with van der Waals surface area (Å²) in [5, 5.41) is 2.97. The van der Waals surface area contributed by atoms with E-state index >= 15 is 0 Å². The topological polar surface area (TPSA) is 29.1 Å². The summed E-state index contributed by atoms with van der Waals surface area (Å²) in [6, 6.07) is 17.2. The van der Waals surface area contributed by atoms with Crippen molar-refractivity contribution in [1.82, 2.24) is 5.32 Å². The SMILES string of the molecule is CC.CC(C)Cc1ccc(-c2cccc(CNC(=O)C(C)C)c2)cc1. The number of hydrogen-bond acceptors (Lipinski definition) is 1. The van der Waals surface area contributed by atoms with Crippen LogP contribution in [0, 0.1) is 11.8 Å². The fourth-order valence-corrected chi connectivity index (χ4v) is 2.56. The first-order valence-corrected chi connectivity index (χ1v) is 9.41. The zero-order chi connectivity index (χ0) is 18.8. The Morgan fingerprint density at radius 3 is 2.08 bits per heavy atom. The van der Waals surface area contributed by atoms with E-state index in [0.717, 1.165) is 12.0 Å². The van der Waals surface area contributed by atoms with Crippen LogP contribution in [-0.2, 0) is 17.8 Å². The number of amides is 1. The highest BCUT2D eigenvalue weighted by atomic mass is 16.1. The van der Waals surface area contributed by atoms with Crippen LogP contribution in [0.25, 0.3) is 11.1 Å². The molecule has 2 heteroatoms. The number of nitrogens with one attached hydrogen (secondary N) is 1. The van der Waals surface area contributed by atoms with Gasteiger partial charge in [-0.2, -0.15) is 0 Å². The highest BCUT2D eigenvalue weighted by molar-refractivity contribution is 5.77. The quantitative estimate of drug-likeness (QED) is 0.702. The molecular weight excluding hydrogens is 306 g/mol. The fraction of sp³-hybridized carbons (Fsp3) is 0.435. The fourth-order valence-electron chi connectivity index (χ4n) is 2.56. The van der Waals surface area contributed by atoms with Crippen molar-refractivity contribution in [2.75, 3.05) is 0 Å². The standard InChI is InChI=1S/C21H27NO.C2H6/c1-15(2)12-17-8-10-19(11-9-17)20-7-5-6-18(13-20)14-22-21(23)16(3)4;1-2/h5-11,13,15-16H,12,14H2,1-4H3,(H,22,23);1-2H3. The van der Waals surface area contributed by atoms with Crippen molar-refractivity contribution in [3.63, 3.8) is 0 Å². The molecular formula is C23H33NO. The van der Waals surface area contributed by atoms with Gasteiger partial charge in [-0.05, 0) is 40.7 Å². The highest BCUT2D eigenvalue weighted by Gasteiger charge is 2.06. The normalized spacial score (nSPS) is 10.4. The molecule has 1 N–H and O–H groups in total. The summed E-state index contributed by atoms with van der Waals surface area (Å²) >= 11 is 0. The molecule has 0 aliphatic carbocycles. The maximum Gasteiger partial charge on any atom is 0.222 e. The van der Waals surface area contributed by atoms with Crippen LogP contribution in [0.2, 0.25) is 0 Å². The van der Waals surface area contributed by atoms with Crippen LogP contribution in [0.4, 0.5) is 0 Å². The van der Waals surface area contributed by atoms with Gasteiger partial charge in [0, 0.05) is 12.5 Å². The monoisotopic (exact) mass is 339 g/mol. The Labute approximate surface area is 153 Å². The smallest absolute Gasteiger partial charge is 0.222 e. The number of carbonyl (C=O) groups excluding carboxylic acids is 1. The van der Waals surface area contributed by atoms with Gasteiger partial charge in [-0.15, -0.1) is 0 Å². The number of rotatable bonds is 6. The summed E-state index contributed by atoms with van der Waals surface area (Å²) in [5.74, 6) is 0.786. The molecule has 0 fully saturated rings. The van der Waals surface area contributed by atoms with E-state index in [2.05, 4.69) is 61.6 Å². The number of benzene rings is 2. The minimum Gasteiger partial charge on any atom is -0.352 e. The van der Waals surface area contributed by atoms with E-state index in [4.69, 9.17) is 0 Å². The van der Waals surface area contributed by atoms with Crippen LogP contribution in [-0.4, -0.2) is 5.91 Å². The molecule has 0 saturated carbocycles. The van der Waals surface area contributed by atoms with Crippen molar-refractivity contribution in [3.05, 3.63) is 59.7 Å². The highest BCUT2D eigenvalue weighted by Crippen LogP contribution is 2.22. The maximum absolute atomic E-state index is 11.7. The molecule has 0 heterocycles. The summed E-state index contributed by atoms with van der Waals surface area (Å²) in [6.07, 6.45) is 1.11. The van der Waals surface area contributed by atoms with E-state index in [1.807, 2.05) is 33.8 Å². The summed E-state index contributed by atoms with van der Waals surface area (Å²) in [7, 11) is 0. The van der Waals surface area contributed by atoms with Gasteiger partial charge < -0.3 is 5.32 Å². The molecule has 2 aromatic rings. The van der Waals surface area contributed by atoms with E-state index in [9.17, 15) is 4.79 Å². The Balaban J connectivity index is 0.00000151. The van der Waals surface area contributed by atoms with E-state index in [-0.39, 0.29) is 11.8 Å². The van der Waals surface area contributed by atoms with Crippen LogP contribution in [0.3, 0.4) is 0 Å². The van der Waals surface area contributed by atoms with Gasteiger partial charge in [0.2, 0.25) is 5.91 Å². The van der Waals surface area contributed by atoms with Gasteiger partial charge in [0.1, 0.15) is 0 Å². The Bertz CT molecular complexity index is 641. The van der Waals surface area contributed by atoms with Crippen LogP contribution in [0.5, 0.6) is 0 Å². The summed E-state index contributed by atoms with van der Waals surface area (Å²) in [5.41, 5.74) is 4.92. The Morgan fingerprint density at radius 1 is 0.880 bits per heavy atom. The second-order valence-corrected chi connectivity index (χ2v) is 6.87. The van der Waals surface area contributed by atoms with E-state index < -0.39 is 0 Å². The summed E-state index contributed by atoms with van der Waals surface area (Å²) in [4.78, 5) is 11.7. The summed E-state index contributed by atoms with van der Waals surface area (Å²) < 4.78 is 0. The van der Waals surface area contributed by atoms with E-state index in [0.29, 0.717) is 12.5 Å². The first-order chi connectivity index (χ1) is 12.0. The van der Waals surface area contributed by atoms with Crippen molar-refractivity contribution < 1.29 is 4.79 Å². The molecule has 0 unspecified atom stereocenters. The zero-order valence-electron chi connectivity index (χ0n) is 16.6. The third-order valence-corrected chi connectivity index (χ3v) is 3.85. The molecule has 0 aliphatic heterocycles. The lowest BCUT2D eigenvalue weighted by Crippen LogP contribution is -2.27. The Kier molecular flexibility index (Phi) is 8.98. The van der Waals surface area contributed by atoms with Crippen LogP contribution in [0.15, 0.2) is 48.5 Å². The molecule has 0 spiro atoms. The molecule has 25 heavy (non-hydrogen) atoms. The van der Waals surface area contributed by atoms with Gasteiger partial charge in [0.15, 0.2) is 0 Å². The van der Waals surface area contributed by atoms with Gasteiger partial charge >= 0.3 is 0 Å². The number of carbonyl (C=O) groups is 1. The predicted octanol–water partition coefficient (Wildman–Crippen LogP) is 5.85. The summed E-state index contributed by atoms with van der Waals surface area (Å²) in [6.45, 7) is 12.9. The van der Waals surface area contributed by atoms with Crippen molar-refractivity contribution in [3.8, 4) is 11.1 Å². The maximum atomic E-state index is 11.7. The van der Waals surface area contributed by atoms with E-state index in [1.165, 1.54) is 16.7 Å². The Hall–Kier alpha value is -2.09. The van der Waals surface area contributed by atoms with Crippen molar-refractivity contribution >= 4 is 5.91 Å². The largest absolute Gasteiger partial charge is 0.352 e. The van der Waals surface area contributed by atoms with E-state index in [1.54, 1.807) is 0 Å². The van der Waals surface area contributed by atoms with Gasteiger partial charge in [0.05, 0.1) is 0 Å². The van der Waals surface area contributed by atoms with Gasteiger partial charge in [-0.3, -0.25) is 4.79 Å². The van der Waals surface area contributed by atoms with Crippen molar-refractivity contribution in [2.45, 2.75) is 54.5 Å². The predicted molar refractivity (Wildman–Crippen MR) is 108 cm³/mol. The van der Waals surface area contributed by atoms with Crippen molar-refractivity contribution in [1.29, 1.82) is 0 Å². The third-order valence-electron chi connectivity index (χ3n) is 3.85. The molecule has 0 atom stereocenters. The lowest BCUT2D eigenvalue weighted by molar-refractivity contribution is -0.124. The first-order valence-electron chi connectivity index (χ1n) is 9.41. The van der Waals surface area contributed by atoms with Crippen LogP contribution < -0.4 is 5.32 Å². The lowest BCUT2D eigenvalue weighted by atomic mass is 9.98. The minimum atomic E-state index is 0.0201. The third kappa shape index (κ3) is 7.13. The van der Waals surface area contributed by atoms with Crippen LogP contribution in [0.1, 0.15) is 52.7 Å². The Morgan fingerprint density at radius 2 is 1.52 bits per heavy atom. The molecule has 2 nitrogen and oxygen atoms in total. The van der Waals surface area contributed by atoms with Gasteiger partial charge in [-0.1, -0.05) is 84.0 Å². The molecule has 2 aromatic carbocycles. The average Bonchev–Trinajstić information content (AvgIpc) is 2.61. The van der Waals surface area contributed by atoms with Crippen molar-refractivity contribution in [2.24, 2.45) is 11.8 Å². The molecule has 0 aromatic heterocycles. The van der Waals surface area contributed by atoms with Gasteiger partial charge in [-0.25, -0.2) is 0 Å². The molecule has 0 radical (unpaired) electrons. The molecule has 1 amide bonds. The van der Waals surface area contributed by atoms with Gasteiger partial charge in [0.25, 0.3) is 0 Å². The lowest BCUT2D eigenvalue weighted by Gasteiger charge is -2.10. The molecule has 0 aliphatic rings. The second kappa shape index (κ2) is 10.7. The molecule has 136 valence electrons. The number of hydrogen-bond donors (Lipinski definition) is 1. The average molecular weight is 340 g/mol. The molecule has 0 saturated heterocycles. The first kappa shape index (κ1) is 21.0.